The second-order valence-corrected chi connectivity index (χ2v) is 6.01. The van der Waals surface area contributed by atoms with Crippen molar-refractivity contribution in [2.45, 2.75) is 26.4 Å². The largest absolute Gasteiger partial charge is 0.472 e. The molecule has 9 nitrogen and oxygen atoms in total. The highest BCUT2D eigenvalue weighted by atomic mass is 16.5. The van der Waals surface area contributed by atoms with Crippen LogP contribution in [0.1, 0.15) is 28.4 Å². The van der Waals surface area contributed by atoms with Crippen LogP contribution in [0.15, 0.2) is 24.7 Å². The lowest BCUT2D eigenvalue weighted by Gasteiger charge is -2.15. The summed E-state index contributed by atoms with van der Waals surface area (Å²) in [5.41, 5.74) is 1.73. The predicted molar refractivity (Wildman–Crippen MR) is 87.2 cm³/mol. The van der Waals surface area contributed by atoms with Crippen LogP contribution in [0.3, 0.4) is 0 Å². The van der Waals surface area contributed by atoms with Gasteiger partial charge in [-0.15, -0.1) is 5.10 Å². The summed E-state index contributed by atoms with van der Waals surface area (Å²) in [6.07, 6.45) is 3.70. The van der Waals surface area contributed by atoms with Gasteiger partial charge in [0.25, 0.3) is 11.7 Å². The Balaban J connectivity index is 1.49. The van der Waals surface area contributed by atoms with E-state index in [-0.39, 0.29) is 17.8 Å². The van der Waals surface area contributed by atoms with E-state index in [0.29, 0.717) is 24.7 Å². The van der Waals surface area contributed by atoms with Gasteiger partial charge in [-0.25, -0.2) is 19.5 Å². The van der Waals surface area contributed by atoms with Gasteiger partial charge in [0, 0.05) is 36.6 Å². The number of rotatable bonds is 3. The third kappa shape index (κ3) is 3.00. The van der Waals surface area contributed by atoms with Gasteiger partial charge in [-0.2, -0.15) is 4.98 Å². The van der Waals surface area contributed by atoms with E-state index >= 15 is 0 Å². The summed E-state index contributed by atoms with van der Waals surface area (Å²) in [6, 6.07) is 3.60. The predicted octanol–water partition coefficient (Wildman–Crippen LogP) is 0.825. The highest BCUT2D eigenvalue weighted by Gasteiger charge is 2.30. The molecule has 1 amide bonds. The van der Waals surface area contributed by atoms with Gasteiger partial charge in [0.15, 0.2) is 0 Å². The molecule has 0 bridgehead atoms. The SMILES string of the molecule is Cc1cc(C)n2nc(C(=O)N3CC[C@@H](Oc4ccncn4)C3)nc2n1. The highest BCUT2D eigenvalue weighted by molar-refractivity contribution is 5.91. The molecule has 0 radical (unpaired) electrons. The van der Waals surface area contributed by atoms with E-state index in [0.717, 1.165) is 17.8 Å². The molecule has 25 heavy (non-hydrogen) atoms. The number of aryl methyl sites for hydroxylation is 2. The van der Waals surface area contributed by atoms with Crippen LogP contribution < -0.4 is 4.74 Å². The number of carbonyl (C=O) groups is 1. The zero-order valence-corrected chi connectivity index (χ0v) is 14.0. The third-order valence-corrected chi connectivity index (χ3v) is 4.08. The van der Waals surface area contributed by atoms with Crippen LogP contribution in [0, 0.1) is 13.8 Å². The maximum atomic E-state index is 12.7. The number of hydrogen-bond acceptors (Lipinski definition) is 7. The van der Waals surface area contributed by atoms with Crippen LogP contribution >= 0.6 is 0 Å². The maximum absolute atomic E-state index is 12.7. The van der Waals surface area contributed by atoms with Gasteiger partial charge >= 0.3 is 0 Å². The van der Waals surface area contributed by atoms with Crippen molar-refractivity contribution in [2.75, 3.05) is 13.1 Å². The lowest BCUT2D eigenvalue weighted by Crippen LogP contribution is -2.31. The summed E-state index contributed by atoms with van der Waals surface area (Å²) in [6.45, 7) is 4.87. The minimum atomic E-state index is -0.212. The van der Waals surface area contributed by atoms with E-state index in [1.807, 2.05) is 19.9 Å². The topological polar surface area (TPSA) is 98.4 Å². The molecule has 4 rings (SSSR count). The summed E-state index contributed by atoms with van der Waals surface area (Å²) in [5.74, 6) is 0.893. The molecule has 0 aromatic carbocycles. The smallest absolute Gasteiger partial charge is 0.293 e. The first-order valence-corrected chi connectivity index (χ1v) is 8.03. The Labute approximate surface area is 143 Å². The van der Waals surface area contributed by atoms with Crippen molar-refractivity contribution in [1.29, 1.82) is 0 Å². The first kappa shape index (κ1) is 15.4. The van der Waals surface area contributed by atoms with Crippen LogP contribution in [-0.4, -0.2) is 59.6 Å². The first-order chi connectivity index (χ1) is 12.1. The minimum Gasteiger partial charge on any atom is -0.472 e. The molecule has 1 saturated heterocycles. The minimum absolute atomic E-state index is 0.0991. The molecule has 3 aromatic heterocycles. The zero-order chi connectivity index (χ0) is 17.4. The van der Waals surface area contributed by atoms with Gasteiger partial charge in [0.05, 0.1) is 6.54 Å². The lowest BCUT2D eigenvalue weighted by atomic mass is 10.3. The van der Waals surface area contributed by atoms with Crippen molar-refractivity contribution in [3.05, 3.63) is 41.9 Å². The molecule has 1 fully saturated rings. The Morgan fingerprint density at radius 2 is 2.20 bits per heavy atom. The van der Waals surface area contributed by atoms with E-state index in [4.69, 9.17) is 4.74 Å². The zero-order valence-electron chi connectivity index (χ0n) is 14.0. The number of nitrogens with zero attached hydrogens (tertiary/aromatic N) is 7. The van der Waals surface area contributed by atoms with Crippen LogP contribution in [-0.2, 0) is 0 Å². The number of carbonyl (C=O) groups excluding carboxylic acids is 1. The Morgan fingerprint density at radius 1 is 1.32 bits per heavy atom. The van der Waals surface area contributed by atoms with E-state index < -0.39 is 0 Å². The number of aromatic nitrogens is 6. The van der Waals surface area contributed by atoms with Gasteiger partial charge in [0.2, 0.25) is 11.7 Å². The second-order valence-electron chi connectivity index (χ2n) is 6.01. The Morgan fingerprint density at radius 3 is 3.00 bits per heavy atom. The van der Waals surface area contributed by atoms with E-state index in [2.05, 4.69) is 25.0 Å². The monoisotopic (exact) mass is 339 g/mol. The molecule has 0 aliphatic carbocycles. The molecular weight excluding hydrogens is 322 g/mol. The normalized spacial score (nSPS) is 17.2. The molecule has 0 unspecified atom stereocenters. The number of hydrogen-bond donors (Lipinski definition) is 0. The molecule has 0 saturated carbocycles. The maximum Gasteiger partial charge on any atom is 0.293 e. The van der Waals surface area contributed by atoms with Gasteiger partial charge in [0.1, 0.15) is 12.4 Å². The number of amides is 1. The standard InChI is InChI=1S/C16H17N7O2/c1-10-7-11(2)23-16(19-10)20-14(21-23)15(24)22-6-4-12(8-22)25-13-3-5-17-9-18-13/h3,5,7,9,12H,4,6,8H2,1-2H3/t12-/m1/s1. The molecule has 0 spiro atoms. The fourth-order valence-electron chi connectivity index (χ4n) is 2.93. The van der Waals surface area contributed by atoms with Crippen LogP contribution in [0.25, 0.3) is 5.78 Å². The number of fused-ring (bicyclic) bond motifs is 1. The van der Waals surface area contributed by atoms with Crippen LogP contribution in [0.2, 0.25) is 0 Å². The summed E-state index contributed by atoms with van der Waals surface area (Å²) < 4.78 is 7.37. The van der Waals surface area contributed by atoms with Gasteiger partial charge in [-0.3, -0.25) is 4.79 Å². The number of ether oxygens (including phenoxy) is 1. The van der Waals surface area contributed by atoms with Crippen molar-refractivity contribution in [3.8, 4) is 5.88 Å². The van der Waals surface area contributed by atoms with Gasteiger partial charge in [-0.1, -0.05) is 0 Å². The van der Waals surface area contributed by atoms with Crippen molar-refractivity contribution in [3.63, 3.8) is 0 Å². The fraction of sp³-hybridized carbons (Fsp3) is 0.375. The molecule has 0 N–H and O–H groups in total. The molecule has 128 valence electrons. The molecular formula is C16H17N7O2. The molecule has 3 aromatic rings. The lowest BCUT2D eigenvalue weighted by molar-refractivity contribution is 0.0759. The summed E-state index contributed by atoms with van der Waals surface area (Å²) in [4.78, 5) is 30.9. The van der Waals surface area contributed by atoms with Crippen molar-refractivity contribution < 1.29 is 9.53 Å². The van der Waals surface area contributed by atoms with Gasteiger partial charge in [-0.05, 0) is 19.9 Å². The fourth-order valence-corrected chi connectivity index (χ4v) is 2.93. The average molecular weight is 339 g/mol. The van der Waals surface area contributed by atoms with Crippen molar-refractivity contribution in [2.24, 2.45) is 0 Å². The van der Waals surface area contributed by atoms with Gasteiger partial charge < -0.3 is 9.64 Å². The third-order valence-electron chi connectivity index (χ3n) is 4.08. The first-order valence-electron chi connectivity index (χ1n) is 8.03. The highest BCUT2D eigenvalue weighted by Crippen LogP contribution is 2.17. The van der Waals surface area contributed by atoms with Crippen LogP contribution in [0.5, 0.6) is 5.88 Å². The summed E-state index contributed by atoms with van der Waals surface area (Å²) in [5, 5.41) is 4.30. The molecule has 4 heterocycles. The summed E-state index contributed by atoms with van der Waals surface area (Å²) >= 11 is 0. The molecule has 9 heteroatoms. The van der Waals surface area contributed by atoms with Crippen LogP contribution in [0.4, 0.5) is 0 Å². The Kier molecular flexibility index (Phi) is 3.75. The average Bonchev–Trinajstić information content (AvgIpc) is 3.22. The van der Waals surface area contributed by atoms with Crippen molar-refractivity contribution >= 4 is 11.7 Å². The molecule has 1 aliphatic rings. The quantitative estimate of drug-likeness (QED) is 0.697. The molecule has 1 aliphatic heterocycles. The van der Waals surface area contributed by atoms with E-state index in [1.54, 1.807) is 21.7 Å². The number of likely N-dealkylation sites (tertiary alicyclic amines) is 1. The molecule has 1 atom stereocenters. The Hall–Kier alpha value is -3.10. The summed E-state index contributed by atoms with van der Waals surface area (Å²) in [7, 11) is 0. The van der Waals surface area contributed by atoms with Crippen molar-refractivity contribution in [1.82, 2.24) is 34.4 Å². The van der Waals surface area contributed by atoms with E-state index in [1.165, 1.54) is 6.33 Å². The van der Waals surface area contributed by atoms with E-state index in [9.17, 15) is 4.79 Å². The second kappa shape index (κ2) is 6.08. The Bertz CT molecular complexity index is 925.